The smallest absolute Gasteiger partial charge is 0.186 e. The first-order valence-corrected chi connectivity index (χ1v) is 9.07. The molecule has 1 fully saturated rings. The summed E-state index contributed by atoms with van der Waals surface area (Å²) in [6, 6.07) is 10.1. The Morgan fingerprint density at radius 1 is 1.42 bits per heavy atom. The highest BCUT2D eigenvalue weighted by molar-refractivity contribution is 7.13. The third kappa shape index (κ3) is 2.72. The lowest BCUT2D eigenvalue weighted by molar-refractivity contribution is 0.187. The Morgan fingerprint density at radius 2 is 2.21 bits per heavy atom. The fourth-order valence-corrected chi connectivity index (χ4v) is 4.37. The van der Waals surface area contributed by atoms with Crippen LogP contribution in [0, 0.1) is 11.3 Å². The maximum atomic E-state index is 9.96. The average molecular weight is 339 g/mol. The van der Waals surface area contributed by atoms with Crippen molar-refractivity contribution in [3.63, 3.8) is 0 Å². The molecule has 0 amide bonds. The third-order valence-electron chi connectivity index (χ3n) is 4.56. The van der Waals surface area contributed by atoms with E-state index in [1.165, 1.54) is 0 Å². The molecule has 5 heteroatoms. The van der Waals surface area contributed by atoms with E-state index in [9.17, 15) is 10.4 Å². The Bertz CT molecular complexity index is 777. The van der Waals surface area contributed by atoms with Crippen LogP contribution in [0.15, 0.2) is 35.7 Å². The standard InChI is InChI=1S/C19H21N3OS/c1-3-7-13-8-5-6-9-15(13)18-16(10-20)22(17(18)11-23)19-21-14(4-2)12-24-19/h3,5-9,12,16-18,23H,4,11H2,1-2H3/b7-3+/t16-,17-,18-/m1/s1. The average Bonchev–Trinajstić information content (AvgIpc) is 3.05. The molecular weight excluding hydrogens is 318 g/mol. The largest absolute Gasteiger partial charge is 0.394 e. The van der Waals surface area contributed by atoms with E-state index in [1.54, 1.807) is 11.3 Å². The van der Waals surface area contributed by atoms with Gasteiger partial charge < -0.3 is 10.0 Å². The van der Waals surface area contributed by atoms with Crippen LogP contribution < -0.4 is 4.90 Å². The topological polar surface area (TPSA) is 60.2 Å². The number of hydrogen-bond acceptors (Lipinski definition) is 5. The second-order valence-corrected chi connectivity index (χ2v) is 6.70. The molecule has 1 aromatic heterocycles. The van der Waals surface area contributed by atoms with Gasteiger partial charge in [0, 0.05) is 11.3 Å². The van der Waals surface area contributed by atoms with Gasteiger partial charge in [-0.2, -0.15) is 5.26 Å². The Morgan fingerprint density at radius 3 is 2.83 bits per heavy atom. The quantitative estimate of drug-likeness (QED) is 0.904. The lowest BCUT2D eigenvalue weighted by atomic mass is 9.74. The highest BCUT2D eigenvalue weighted by Crippen LogP contribution is 2.45. The number of nitriles is 1. The fourth-order valence-electron chi connectivity index (χ4n) is 3.37. The summed E-state index contributed by atoms with van der Waals surface area (Å²) in [5, 5.41) is 22.5. The zero-order valence-electron chi connectivity index (χ0n) is 13.9. The van der Waals surface area contributed by atoms with E-state index in [2.05, 4.69) is 36.2 Å². The zero-order chi connectivity index (χ0) is 17.1. The molecule has 0 unspecified atom stereocenters. The molecule has 1 aliphatic rings. The maximum Gasteiger partial charge on any atom is 0.186 e. The number of aliphatic hydroxyl groups is 1. The summed E-state index contributed by atoms with van der Waals surface area (Å²) in [4.78, 5) is 6.58. The number of rotatable bonds is 5. The minimum absolute atomic E-state index is 0.00799. The van der Waals surface area contributed by atoms with Gasteiger partial charge in [0.1, 0.15) is 6.04 Å². The van der Waals surface area contributed by atoms with E-state index >= 15 is 0 Å². The molecule has 3 rings (SSSR count). The molecule has 1 saturated heterocycles. The second-order valence-electron chi connectivity index (χ2n) is 5.86. The summed E-state index contributed by atoms with van der Waals surface area (Å²) >= 11 is 1.55. The first-order chi connectivity index (χ1) is 11.7. The number of thiazole rings is 1. The predicted octanol–water partition coefficient (Wildman–Crippen LogP) is 3.60. The fraction of sp³-hybridized carbons (Fsp3) is 0.368. The molecule has 1 aliphatic heterocycles. The number of nitrogens with zero attached hydrogens (tertiary/aromatic N) is 3. The van der Waals surface area contributed by atoms with Crippen LogP contribution in [0.4, 0.5) is 5.13 Å². The predicted molar refractivity (Wildman–Crippen MR) is 98.1 cm³/mol. The van der Waals surface area contributed by atoms with E-state index in [-0.39, 0.29) is 24.6 Å². The van der Waals surface area contributed by atoms with Gasteiger partial charge in [0.25, 0.3) is 0 Å². The van der Waals surface area contributed by atoms with E-state index in [0.29, 0.717) is 0 Å². The summed E-state index contributed by atoms with van der Waals surface area (Å²) < 4.78 is 0. The summed E-state index contributed by atoms with van der Waals surface area (Å²) in [6.07, 6.45) is 4.93. The van der Waals surface area contributed by atoms with E-state index in [4.69, 9.17) is 0 Å². The number of benzene rings is 1. The van der Waals surface area contributed by atoms with Gasteiger partial charge in [0.05, 0.1) is 24.4 Å². The minimum Gasteiger partial charge on any atom is -0.394 e. The van der Waals surface area contributed by atoms with Crippen molar-refractivity contribution in [2.24, 2.45) is 0 Å². The van der Waals surface area contributed by atoms with Crippen LogP contribution in [0.2, 0.25) is 0 Å². The molecule has 4 nitrogen and oxygen atoms in total. The van der Waals surface area contributed by atoms with Crippen molar-refractivity contribution in [3.8, 4) is 6.07 Å². The van der Waals surface area contributed by atoms with Gasteiger partial charge in [0.2, 0.25) is 0 Å². The molecule has 0 spiro atoms. The first kappa shape index (κ1) is 16.7. The number of allylic oxidation sites excluding steroid dienone is 1. The lowest BCUT2D eigenvalue weighted by Crippen LogP contribution is -2.63. The molecule has 0 saturated carbocycles. The number of aryl methyl sites for hydroxylation is 1. The van der Waals surface area contributed by atoms with Gasteiger partial charge in [-0.05, 0) is 24.5 Å². The number of anilines is 1. The molecule has 0 bridgehead atoms. The van der Waals surface area contributed by atoms with Crippen LogP contribution in [0.25, 0.3) is 6.08 Å². The van der Waals surface area contributed by atoms with Gasteiger partial charge in [-0.25, -0.2) is 4.98 Å². The summed E-state index contributed by atoms with van der Waals surface area (Å²) in [5.74, 6) is -0.0126. The Balaban J connectivity index is 1.97. The maximum absolute atomic E-state index is 9.96. The minimum atomic E-state index is -0.301. The molecule has 24 heavy (non-hydrogen) atoms. The van der Waals surface area contributed by atoms with Gasteiger partial charge in [-0.15, -0.1) is 11.3 Å². The number of hydrogen-bond donors (Lipinski definition) is 1. The van der Waals surface area contributed by atoms with Gasteiger partial charge in [0.15, 0.2) is 5.13 Å². The van der Waals surface area contributed by atoms with Gasteiger partial charge in [-0.3, -0.25) is 0 Å². The summed E-state index contributed by atoms with van der Waals surface area (Å²) in [5.41, 5.74) is 3.25. The normalized spacial score (nSPS) is 23.2. The molecule has 0 aliphatic carbocycles. The van der Waals surface area contributed by atoms with E-state index in [1.807, 2.05) is 35.4 Å². The van der Waals surface area contributed by atoms with Crippen molar-refractivity contribution in [2.75, 3.05) is 11.5 Å². The van der Waals surface area contributed by atoms with Crippen molar-refractivity contribution in [1.82, 2.24) is 4.98 Å². The number of aromatic nitrogens is 1. The number of aliphatic hydroxyl groups excluding tert-OH is 1. The van der Waals surface area contributed by atoms with Crippen LogP contribution in [0.3, 0.4) is 0 Å². The molecule has 2 aromatic rings. The van der Waals surface area contributed by atoms with E-state index in [0.717, 1.165) is 28.4 Å². The SMILES string of the molecule is C/C=C/c1ccccc1[C@@H]1[C@@H](C#N)N(c2nc(CC)cs2)[C@@H]1CO. The Labute approximate surface area is 146 Å². The van der Waals surface area contributed by atoms with Crippen LogP contribution >= 0.6 is 11.3 Å². The summed E-state index contributed by atoms with van der Waals surface area (Å²) in [7, 11) is 0. The molecular formula is C19H21N3OS. The van der Waals surface area contributed by atoms with Crippen molar-refractivity contribution < 1.29 is 5.11 Å². The molecule has 2 heterocycles. The van der Waals surface area contributed by atoms with Crippen molar-refractivity contribution >= 4 is 22.5 Å². The van der Waals surface area contributed by atoms with Gasteiger partial charge in [-0.1, -0.05) is 43.3 Å². The van der Waals surface area contributed by atoms with Crippen LogP contribution in [0.1, 0.15) is 36.6 Å². The Hall–Kier alpha value is -2.16. The highest BCUT2D eigenvalue weighted by atomic mass is 32.1. The van der Waals surface area contributed by atoms with Gasteiger partial charge >= 0.3 is 0 Å². The third-order valence-corrected chi connectivity index (χ3v) is 5.46. The second kappa shape index (κ2) is 7.16. The van der Waals surface area contributed by atoms with Crippen LogP contribution in [-0.2, 0) is 6.42 Å². The lowest BCUT2D eigenvalue weighted by Gasteiger charge is -2.52. The first-order valence-electron chi connectivity index (χ1n) is 8.20. The van der Waals surface area contributed by atoms with Crippen LogP contribution in [0.5, 0.6) is 0 Å². The molecule has 1 aromatic carbocycles. The monoisotopic (exact) mass is 339 g/mol. The molecule has 3 atom stereocenters. The van der Waals surface area contributed by atoms with E-state index < -0.39 is 0 Å². The Kier molecular flexibility index (Phi) is 4.98. The zero-order valence-corrected chi connectivity index (χ0v) is 14.7. The molecule has 1 N–H and O–H groups in total. The van der Waals surface area contributed by atoms with Crippen molar-refractivity contribution in [3.05, 3.63) is 52.5 Å². The highest BCUT2D eigenvalue weighted by Gasteiger charge is 2.50. The summed E-state index contributed by atoms with van der Waals surface area (Å²) in [6.45, 7) is 4.06. The van der Waals surface area contributed by atoms with Crippen molar-refractivity contribution in [2.45, 2.75) is 38.3 Å². The molecule has 0 radical (unpaired) electrons. The van der Waals surface area contributed by atoms with Crippen molar-refractivity contribution in [1.29, 1.82) is 5.26 Å². The van der Waals surface area contributed by atoms with Crippen LogP contribution in [-0.4, -0.2) is 28.8 Å². The molecule has 124 valence electrons.